The van der Waals surface area contributed by atoms with Gasteiger partial charge in [0.25, 0.3) is 0 Å². The highest BCUT2D eigenvalue weighted by molar-refractivity contribution is 5.69. The number of hydrogen-bond donors (Lipinski definition) is 1. The van der Waals surface area contributed by atoms with Crippen LogP contribution in [0.1, 0.15) is 40.2 Å². The number of rotatable bonds is 2. The average Bonchev–Trinajstić information content (AvgIpc) is 2.11. The fourth-order valence-corrected chi connectivity index (χ4v) is 1.55. The van der Waals surface area contributed by atoms with Crippen molar-refractivity contribution in [2.75, 3.05) is 0 Å². The van der Waals surface area contributed by atoms with E-state index >= 15 is 0 Å². The van der Waals surface area contributed by atoms with E-state index in [0.29, 0.717) is 5.56 Å². The summed E-state index contributed by atoms with van der Waals surface area (Å²) in [6.07, 6.45) is -0.637. The van der Waals surface area contributed by atoms with Crippen molar-refractivity contribution in [2.45, 2.75) is 45.8 Å². The molecule has 1 aromatic rings. The van der Waals surface area contributed by atoms with E-state index in [1.165, 1.54) is 12.1 Å². The Labute approximate surface area is 112 Å². The van der Waals surface area contributed by atoms with Gasteiger partial charge in [0.05, 0.1) is 5.54 Å². The van der Waals surface area contributed by atoms with Gasteiger partial charge >= 0.3 is 6.09 Å². The third-order valence-corrected chi connectivity index (χ3v) is 2.40. The zero-order valence-corrected chi connectivity index (χ0v) is 11.8. The normalized spacial score (nSPS) is 12.2. The Hall–Kier alpha value is -1.65. The fourth-order valence-electron chi connectivity index (χ4n) is 1.55. The van der Waals surface area contributed by atoms with Crippen LogP contribution in [-0.2, 0) is 10.3 Å². The Kier molecular flexibility index (Phi) is 4.18. The molecule has 1 amide bonds. The van der Waals surface area contributed by atoms with Crippen LogP contribution in [0.4, 0.5) is 13.6 Å². The van der Waals surface area contributed by atoms with Crippen molar-refractivity contribution in [1.82, 2.24) is 5.32 Å². The van der Waals surface area contributed by atoms with Gasteiger partial charge in [-0.1, -0.05) is 0 Å². The summed E-state index contributed by atoms with van der Waals surface area (Å²) in [5.41, 5.74) is -1.24. The second kappa shape index (κ2) is 5.15. The summed E-state index contributed by atoms with van der Waals surface area (Å²) < 4.78 is 31.5. The van der Waals surface area contributed by atoms with E-state index in [2.05, 4.69) is 5.32 Å². The van der Waals surface area contributed by atoms with Crippen LogP contribution >= 0.6 is 0 Å². The monoisotopic (exact) mass is 271 g/mol. The van der Waals surface area contributed by atoms with Crippen LogP contribution in [0.15, 0.2) is 18.2 Å². The quantitative estimate of drug-likeness (QED) is 0.890. The van der Waals surface area contributed by atoms with E-state index < -0.39 is 28.9 Å². The van der Waals surface area contributed by atoms with Crippen molar-refractivity contribution in [3.63, 3.8) is 0 Å². The average molecular weight is 271 g/mol. The molecule has 0 fully saturated rings. The number of nitrogens with one attached hydrogen (secondary N) is 1. The van der Waals surface area contributed by atoms with Crippen molar-refractivity contribution in [3.05, 3.63) is 35.4 Å². The van der Waals surface area contributed by atoms with Crippen LogP contribution in [0.2, 0.25) is 0 Å². The topological polar surface area (TPSA) is 38.3 Å². The largest absolute Gasteiger partial charge is 0.444 e. The Morgan fingerprint density at radius 1 is 1.05 bits per heavy atom. The summed E-state index contributed by atoms with van der Waals surface area (Å²) in [4.78, 5) is 11.7. The molecule has 1 N–H and O–H groups in total. The molecule has 0 aliphatic carbocycles. The molecule has 1 rings (SSSR count). The van der Waals surface area contributed by atoms with Gasteiger partial charge in [-0.3, -0.25) is 0 Å². The lowest BCUT2D eigenvalue weighted by Crippen LogP contribution is -2.43. The molecule has 0 bridgehead atoms. The summed E-state index contributed by atoms with van der Waals surface area (Å²) in [7, 11) is 0. The van der Waals surface area contributed by atoms with Gasteiger partial charge < -0.3 is 10.1 Å². The Morgan fingerprint density at radius 3 is 1.95 bits per heavy atom. The van der Waals surface area contributed by atoms with Gasteiger partial charge in [0.1, 0.15) is 17.2 Å². The second-order valence-corrected chi connectivity index (χ2v) is 5.91. The molecule has 3 nitrogen and oxygen atoms in total. The molecule has 19 heavy (non-hydrogen) atoms. The number of carbonyl (C=O) groups excluding carboxylic acids is 1. The smallest absolute Gasteiger partial charge is 0.408 e. The highest BCUT2D eigenvalue weighted by atomic mass is 19.1. The Morgan fingerprint density at radius 2 is 1.53 bits per heavy atom. The third kappa shape index (κ3) is 4.85. The number of alkyl carbamates (subject to hydrolysis) is 1. The van der Waals surface area contributed by atoms with Gasteiger partial charge in [0.15, 0.2) is 0 Å². The minimum Gasteiger partial charge on any atom is -0.444 e. The first-order valence-electron chi connectivity index (χ1n) is 5.97. The van der Waals surface area contributed by atoms with Crippen molar-refractivity contribution in [2.24, 2.45) is 0 Å². The minimum atomic E-state index is -0.939. The van der Waals surface area contributed by atoms with E-state index in [9.17, 15) is 13.6 Å². The van der Waals surface area contributed by atoms with E-state index in [1.54, 1.807) is 34.6 Å². The number of benzene rings is 1. The minimum absolute atomic E-state index is 0.329. The molecule has 5 heteroatoms. The standard InChI is InChI=1S/C14H19F2NO2/c1-13(2,3)19-12(18)17-14(4,5)9-6-10(15)8-11(16)7-9/h6-8H,1-5H3,(H,17,18). The molecular weight excluding hydrogens is 252 g/mol. The van der Waals surface area contributed by atoms with Crippen LogP contribution in [0.25, 0.3) is 0 Å². The predicted molar refractivity (Wildman–Crippen MR) is 68.8 cm³/mol. The zero-order valence-electron chi connectivity index (χ0n) is 11.8. The van der Waals surface area contributed by atoms with Crippen LogP contribution in [-0.4, -0.2) is 11.7 Å². The molecule has 0 aliphatic heterocycles. The lowest BCUT2D eigenvalue weighted by Gasteiger charge is -2.29. The number of hydrogen-bond acceptors (Lipinski definition) is 2. The number of carbonyl (C=O) groups is 1. The molecule has 0 aromatic heterocycles. The summed E-state index contributed by atoms with van der Waals surface area (Å²) in [6, 6.07) is 3.15. The third-order valence-electron chi connectivity index (χ3n) is 2.40. The van der Waals surface area contributed by atoms with Crippen molar-refractivity contribution in [1.29, 1.82) is 0 Å². The highest BCUT2D eigenvalue weighted by Crippen LogP contribution is 2.22. The number of amides is 1. The first-order chi connectivity index (χ1) is 8.49. The van der Waals surface area contributed by atoms with Gasteiger partial charge in [0, 0.05) is 6.07 Å². The molecule has 106 valence electrons. The van der Waals surface area contributed by atoms with Crippen molar-refractivity contribution >= 4 is 6.09 Å². The summed E-state index contributed by atoms with van der Waals surface area (Å²) in [5, 5.41) is 2.59. The molecule has 0 spiro atoms. The van der Waals surface area contributed by atoms with E-state index in [4.69, 9.17) is 4.74 Å². The maximum absolute atomic E-state index is 13.2. The zero-order chi connectivity index (χ0) is 14.8. The van der Waals surface area contributed by atoms with Gasteiger partial charge in [-0.2, -0.15) is 0 Å². The molecule has 0 aliphatic rings. The first-order valence-corrected chi connectivity index (χ1v) is 5.97. The molecule has 0 saturated heterocycles. The van der Waals surface area contributed by atoms with Gasteiger partial charge in [-0.05, 0) is 52.3 Å². The molecule has 0 heterocycles. The van der Waals surface area contributed by atoms with E-state index in [0.717, 1.165) is 6.07 Å². The maximum Gasteiger partial charge on any atom is 0.408 e. The van der Waals surface area contributed by atoms with E-state index in [-0.39, 0.29) is 0 Å². The van der Waals surface area contributed by atoms with Crippen LogP contribution < -0.4 is 5.32 Å². The fraction of sp³-hybridized carbons (Fsp3) is 0.500. The summed E-state index contributed by atoms with van der Waals surface area (Å²) in [5.74, 6) is -1.37. The molecule has 0 saturated carbocycles. The molecule has 1 aromatic carbocycles. The summed E-state index contributed by atoms with van der Waals surface area (Å²) in [6.45, 7) is 8.50. The molecular formula is C14H19F2NO2. The van der Waals surface area contributed by atoms with Crippen LogP contribution in [0.3, 0.4) is 0 Å². The van der Waals surface area contributed by atoms with Crippen LogP contribution in [0.5, 0.6) is 0 Å². The Bertz CT molecular complexity index is 459. The summed E-state index contributed by atoms with van der Waals surface area (Å²) >= 11 is 0. The number of halogens is 2. The second-order valence-electron chi connectivity index (χ2n) is 5.91. The Balaban J connectivity index is 2.88. The lowest BCUT2D eigenvalue weighted by molar-refractivity contribution is 0.0470. The first kappa shape index (κ1) is 15.4. The number of ether oxygens (including phenoxy) is 1. The van der Waals surface area contributed by atoms with E-state index in [1.807, 2.05) is 0 Å². The van der Waals surface area contributed by atoms with Crippen LogP contribution in [0, 0.1) is 11.6 Å². The van der Waals surface area contributed by atoms with Gasteiger partial charge in [0.2, 0.25) is 0 Å². The van der Waals surface area contributed by atoms with Gasteiger partial charge in [-0.15, -0.1) is 0 Å². The molecule has 0 unspecified atom stereocenters. The lowest BCUT2D eigenvalue weighted by atomic mass is 9.94. The van der Waals surface area contributed by atoms with Crippen molar-refractivity contribution < 1.29 is 18.3 Å². The van der Waals surface area contributed by atoms with Gasteiger partial charge in [-0.25, -0.2) is 13.6 Å². The SMILES string of the molecule is CC(C)(C)OC(=O)NC(C)(C)c1cc(F)cc(F)c1. The van der Waals surface area contributed by atoms with Crippen molar-refractivity contribution in [3.8, 4) is 0 Å². The highest BCUT2D eigenvalue weighted by Gasteiger charge is 2.27. The molecule has 0 radical (unpaired) electrons. The molecule has 0 atom stereocenters. The maximum atomic E-state index is 13.2. The predicted octanol–water partition coefficient (Wildman–Crippen LogP) is 3.72.